The van der Waals surface area contributed by atoms with E-state index in [1.165, 1.54) is 30.5 Å². The molecule has 50 heavy (non-hydrogen) atoms. The van der Waals surface area contributed by atoms with Gasteiger partial charge in [0.2, 0.25) is 0 Å². The highest BCUT2D eigenvalue weighted by Gasteiger charge is 2.62. The van der Waals surface area contributed by atoms with Crippen molar-refractivity contribution in [3.05, 3.63) is 53.1 Å². The van der Waals surface area contributed by atoms with Gasteiger partial charge in [0.1, 0.15) is 5.75 Å². The zero-order valence-corrected chi connectivity index (χ0v) is 31.8. The van der Waals surface area contributed by atoms with Gasteiger partial charge in [0, 0.05) is 47.3 Å². The van der Waals surface area contributed by atoms with Crippen LogP contribution in [0.1, 0.15) is 133 Å². The highest BCUT2D eigenvalue weighted by atomic mass is 16.5. The molecule has 1 aromatic heterocycles. The van der Waals surface area contributed by atoms with Gasteiger partial charge in [0.05, 0.1) is 18.2 Å². The molecule has 2 saturated carbocycles. The molecule has 2 atom stereocenters. The van der Waals surface area contributed by atoms with Crippen LogP contribution in [0.5, 0.6) is 5.75 Å². The van der Waals surface area contributed by atoms with Crippen molar-refractivity contribution in [1.82, 2.24) is 10.0 Å². The largest absolute Gasteiger partial charge is 0.497 e. The predicted molar refractivity (Wildman–Crippen MR) is 207 cm³/mol. The van der Waals surface area contributed by atoms with Crippen molar-refractivity contribution in [2.45, 2.75) is 118 Å². The molecular formula is C41H61N5O4. The lowest BCUT2D eigenvalue weighted by molar-refractivity contribution is -0.123. The van der Waals surface area contributed by atoms with Crippen molar-refractivity contribution in [3.63, 3.8) is 0 Å². The third-order valence-corrected chi connectivity index (χ3v) is 10.5. The first kappa shape index (κ1) is 40.6. The lowest BCUT2D eigenvalue weighted by Gasteiger charge is -2.24. The minimum Gasteiger partial charge on any atom is -0.497 e. The molecule has 2 fully saturated rings. The zero-order chi connectivity index (χ0) is 37.0. The summed E-state index contributed by atoms with van der Waals surface area (Å²) in [4.78, 5) is 33.5. The van der Waals surface area contributed by atoms with E-state index in [0.29, 0.717) is 24.4 Å². The van der Waals surface area contributed by atoms with Crippen LogP contribution in [-0.2, 0) is 11.3 Å². The SMILES string of the molecule is C=NC(=O)C12CC1c1cc(OC)ccc1-c1c(C(CCC)CCC)c3ccc(C(=O)NO)cc3n1C2.CC.CCCN.CN=C(C)C1CCC1. The molecule has 0 radical (unpaired) electrons. The van der Waals surface area contributed by atoms with Crippen molar-refractivity contribution in [2.75, 3.05) is 20.7 Å². The van der Waals surface area contributed by atoms with Gasteiger partial charge in [-0.05, 0) is 112 Å². The normalized spacial score (nSPS) is 18.6. The van der Waals surface area contributed by atoms with Gasteiger partial charge in [0.25, 0.3) is 11.8 Å². The Morgan fingerprint density at radius 3 is 2.24 bits per heavy atom. The highest BCUT2D eigenvalue weighted by Crippen LogP contribution is 2.66. The second-order valence-corrected chi connectivity index (χ2v) is 13.4. The number of nitrogens with two attached hydrogens (primary N) is 1. The van der Waals surface area contributed by atoms with Gasteiger partial charge >= 0.3 is 0 Å². The van der Waals surface area contributed by atoms with E-state index in [1.54, 1.807) is 18.7 Å². The Hall–Kier alpha value is -3.82. The number of rotatable bonds is 10. The molecule has 2 aromatic carbocycles. The standard InChI is InChI=1S/C29H33N3O4.C7H13N.C3H9N.C2H6/c1-5-7-17(8-6-2)25-21-11-9-18(27(33)31-35)13-24(21)32-16-29(28(34)30-3)15-23(29)22-14-19(36-4)10-12-20(22)26(25)32;1-6(8-2)7-4-3-5-7;1-2-3-4;1-2/h9-14,17,23,35H,3,5-8,15-16H2,1-2,4H3,(H,31,33);7H,3-5H2,1-2H3;2-4H2,1H3;1-2H3. The zero-order valence-electron chi connectivity index (χ0n) is 31.8. The van der Waals surface area contributed by atoms with Gasteiger partial charge in [-0.3, -0.25) is 19.8 Å². The molecule has 0 spiro atoms. The minimum absolute atomic E-state index is 0.0307. The fraction of sp³-hybridized carbons (Fsp3) is 0.561. The van der Waals surface area contributed by atoms with Gasteiger partial charge in [-0.15, -0.1) is 0 Å². The van der Waals surface area contributed by atoms with Gasteiger partial charge in [-0.25, -0.2) is 10.5 Å². The first-order valence-corrected chi connectivity index (χ1v) is 18.6. The second-order valence-electron chi connectivity index (χ2n) is 13.4. The molecule has 274 valence electrons. The number of hydroxylamine groups is 1. The third-order valence-electron chi connectivity index (χ3n) is 10.5. The topological polar surface area (TPSA) is 131 Å². The first-order valence-electron chi connectivity index (χ1n) is 18.6. The van der Waals surface area contributed by atoms with E-state index in [1.807, 2.05) is 39.1 Å². The molecule has 2 aliphatic carbocycles. The summed E-state index contributed by atoms with van der Waals surface area (Å²) in [5, 5.41) is 10.4. The summed E-state index contributed by atoms with van der Waals surface area (Å²) in [7, 11) is 3.54. The summed E-state index contributed by atoms with van der Waals surface area (Å²) >= 11 is 0. The van der Waals surface area contributed by atoms with Gasteiger partial charge in [-0.1, -0.05) is 59.9 Å². The maximum Gasteiger partial charge on any atom is 0.274 e. The lowest BCUT2D eigenvalue weighted by Crippen LogP contribution is -2.22. The Labute approximate surface area is 299 Å². The Morgan fingerprint density at radius 1 is 1.10 bits per heavy atom. The number of nitrogens with one attached hydrogen (secondary N) is 1. The molecule has 2 heterocycles. The van der Waals surface area contributed by atoms with Crippen LogP contribution in [0.3, 0.4) is 0 Å². The quantitative estimate of drug-likeness (QED) is 0.111. The first-order chi connectivity index (χ1) is 24.2. The van der Waals surface area contributed by atoms with E-state index in [-0.39, 0.29) is 11.8 Å². The van der Waals surface area contributed by atoms with E-state index in [4.69, 9.17) is 10.5 Å². The van der Waals surface area contributed by atoms with E-state index in [9.17, 15) is 14.8 Å². The van der Waals surface area contributed by atoms with Crippen LogP contribution in [0.25, 0.3) is 22.2 Å². The molecule has 9 nitrogen and oxygen atoms in total. The number of hydrogen-bond donors (Lipinski definition) is 3. The summed E-state index contributed by atoms with van der Waals surface area (Å²) in [6, 6.07) is 11.7. The summed E-state index contributed by atoms with van der Waals surface area (Å²) < 4.78 is 7.79. The molecular weight excluding hydrogens is 626 g/mol. The molecule has 4 N–H and O–H groups in total. The number of hydrogen-bond acceptors (Lipinski definition) is 6. The molecule has 3 aromatic rings. The van der Waals surface area contributed by atoms with Crippen molar-refractivity contribution < 1.29 is 19.5 Å². The summed E-state index contributed by atoms with van der Waals surface area (Å²) in [5.41, 5.74) is 13.3. The van der Waals surface area contributed by atoms with Gasteiger partial charge in [-0.2, -0.15) is 0 Å². The summed E-state index contributed by atoms with van der Waals surface area (Å²) in [5.74, 6) is 1.22. The van der Waals surface area contributed by atoms with Crippen LogP contribution >= 0.6 is 0 Å². The average Bonchev–Trinajstić information content (AvgIpc) is 3.81. The number of amides is 2. The van der Waals surface area contributed by atoms with Gasteiger partial charge < -0.3 is 15.0 Å². The average molecular weight is 688 g/mol. The van der Waals surface area contributed by atoms with E-state index in [0.717, 1.165) is 78.0 Å². The maximum absolute atomic E-state index is 13.2. The number of methoxy groups -OCH3 is 1. The Morgan fingerprint density at radius 2 is 1.76 bits per heavy atom. The minimum atomic E-state index is -0.669. The van der Waals surface area contributed by atoms with Crippen molar-refractivity contribution >= 4 is 35.1 Å². The Balaban J connectivity index is 0.000000407. The van der Waals surface area contributed by atoms with Crippen LogP contribution in [0.15, 0.2) is 46.4 Å². The fourth-order valence-corrected chi connectivity index (χ4v) is 7.39. The van der Waals surface area contributed by atoms with Crippen LogP contribution in [0.2, 0.25) is 0 Å². The van der Waals surface area contributed by atoms with E-state index >= 15 is 0 Å². The highest BCUT2D eigenvalue weighted by molar-refractivity contribution is 6.01. The van der Waals surface area contributed by atoms with Crippen LogP contribution in [0, 0.1) is 11.3 Å². The summed E-state index contributed by atoms with van der Waals surface area (Å²) in [6.45, 7) is 17.5. The number of benzene rings is 2. The fourth-order valence-electron chi connectivity index (χ4n) is 7.39. The van der Waals surface area contributed by atoms with Crippen molar-refractivity contribution in [1.29, 1.82) is 0 Å². The van der Waals surface area contributed by atoms with Crippen LogP contribution < -0.4 is 16.0 Å². The third kappa shape index (κ3) is 8.37. The van der Waals surface area contributed by atoms with Crippen molar-refractivity contribution in [3.8, 4) is 17.0 Å². The van der Waals surface area contributed by atoms with Crippen molar-refractivity contribution in [2.24, 2.45) is 27.1 Å². The predicted octanol–water partition coefficient (Wildman–Crippen LogP) is 9.09. The van der Waals surface area contributed by atoms with E-state index in [2.05, 4.69) is 61.1 Å². The number of carbonyl (C=O) groups excluding carboxylic acids is 2. The molecule has 0 saturated heterocycles. The molecule has 3 aliphatic rings. The number of ether oxygens (including phenoxy) is 1. The molecule has 6 rings (SSSR count). The van der Waals surface area contributed by atoms with Gasteiger partial charge in [0.15, 0.2) is 0 Å². The Bertz CT molecular complexity index is 1630. The molecule has 0 bridgehead atoms. The van der Waals surface area contributed by atoms with Crippen LogP contribution in [0.4, 0.5) is 0 Å². The van der Waals surface area contributed by atoms with E-state index < -0.39 is 11.3 Å². The maximum atomic E-state index is 13.2. The number of fused-ring (bicyclic) bond motifs is 7. The second kappa shape index (κ2) is 19.0. The molecule has 1 aliphatic heterocycles. The molecule has 2 unspecified atom stereocenters. The smallest absolute Gasteiger partial charge is 0.274 e. The molecule has 2 amide bonds. The molecule has 9 heteroatoms. The number of aromatic nitrogens is 1. The number of carbonyl (C=O) groups is 2. The number of aliphatic imine (C=N–C) groups is 2. The monoisotopic (exact) mass is 687 g/mol. The summed E-state index contributed by atoms with van der Waals surface area (Å²) in [6.07, 6.45) is 10.2. The number of nitrogens with zero attached hydrogens (tertiary/aromatic N) is 3. The lowest BCUT2D eigenvalue weighted by atomic mass is 9.82. The Kier molecular flexibility index (Phi) is 15.4. The van der Waals surface area contributed by atoms with Crippen LogP contribution in [-0.4, -0.2) is 54.7 Å².